The molecule has 4 heterocycles. The Bertz CT molecular complexity index is 1720. The highest BCUT2D eigenvalue weighted by atomic mass is 16.5. The molecule has 1 aliphatic rings. The number of pyridine rings is 2. The molecule has 0 saturated heterocycles. The molecule has 3 aromatic heterocycles. The van der Waals surface area contributed by atoms with Gasteiger partial charge in [-0.05, 0) is 82.5 Å². The fourth-order valence-electron chi connectivity index (χ4n) is 5.84. The molecule has 44 heavy (non-hydrogen) atoms. The SMILES string of the molecule is CCN1C(=O)C(C)(C)C(=O)N(C)c2cc(OCCCN(CCn3ccc4occc4c3=O)Cc3c(C)ccnc3C)ccc21. The zero-order chi connectivity index (χ0) is 31.6. The molecule has 0 atom stereocenters. The smallest absolute Gasteiger partial charge is 0.261 e. The normalized spacial score (nSPS) is 14.8. The summed E-state index contributed by atoms with van der Waals surface area (Å²) in [4.78, 5) is 49.3. The number of ether oxygens (including phenoxy) is 1. The lowest BCUT2D eigenvalue weighted by atomic mass is 9.90. The van der Waals surface area contributed by atoms with Crippen LogP contribution in [0.1, 0.15) is 44.0 Å². The maximum absolute atomic E-state index is 13.2. The molecule has 232 valence electrons. The largest absolute Gasteiger partial charge is 0.493 e. The van der Waals surface area contributed by atoms with Crippen molar-refractivity contribution in [2.45, 2.75) is 54.1 Å². The Hall–Kier alpha value is -4.44. The zero-order valence-corrected chi connectivity index (χ0v) is 26.4. The molecule has 4 aromatic rings. The minimum atomic E-state index is -1.16. The van der Waals surface area contributed by atoms with Gasteiger partial charge in [-0.25, -0.2) is 0 Å². The quantitative estimate of drug-likeness (QED) is 0.178. The molecule has 0 fully saturated rings. The average molecular weight is 600 g/mol. The Labute approximate surface area is 257 Å². The highest BCUT2D eigenvalue weighted by Crippen LogP contribution is 2.40. The second kappa shape index (κ2) is 12.7. The van der Waals surface area contributed by atoms with Crippen LogP contribution in [0.15, 0.2) is 64.3 Å². The monoisotopic (exact) mass is 599 g/mol. The highest BCUT2D eigenvalue weighted by Gasteiger charge is 2.45. The lowest BCUT2D eigenvalue weighted by Crippen LogP contribution is -2.47. The number of carbonyl (C=O) groups excluding carboxylic acids is 2. The summed E-state index contributed by atoms with van der Waals surface area (Å²) in [5, 5.41) is 0.578. The van der Waals surface area contributed by atoms with Crippen molar-refractivity contribution >= 4 is 34.2 Å². The van der Waals surface area contributed by atoms with E-state index in [4.69, 9.17) is 9.15 Å². The molecule has 1 aliphatic heterocycles. The van der Waals surface area contributed by atoms with Crippen LogP contribution in [-0.4, -0.2) is 59.6 Å². The van der Waals surface area contributed by atoms with Gasteiger partial charge in [-0.3, -0.25) is 24.3 Å². The fraction of sp³-hybridized carbons (Fsp3) is 0.412. The number of hydrogen-bond donors (Lipinski definition) is 0. The molecule has 2 amide bonds. The zero-order valence-electron chi connectivity index (χ0n) is 26.4. The molecule has 0 N–H and O–H groups in total. The maximum atomic E-state index is 13.2. The predicted octanol–water partition coefficient (Wildman–Crippen LogP) is 4.93. The van der Waals surface area contributed by atoms with E-state index in [2.05, 4.69) is 16.8 Å². The number of nitrogens with zero attached hydrogens (tertiary/aromatic N) is 5. The van der Waals surface area contributed by atoms with Gasteiger partial charge in [-0.2, -0.15) is 0 Å². The van der Waals surface area contributed by atoms with E-state index in [-0.39, 0.29) is 17.4 Å². The van der Waals surface area contributed by atoms with Crippen LogP contribution in [0.3, 0.4) is 0 Å². The Morgan fingerprint density at radius 1 is 1.00 bits per heavy atom. The van der Waals surface area contributed by atoms with Gasteiger partial charge < -0.3 is 23.5 Å². The van der Waals surface area contributed by atoms with E-state index < -0.39 is 5.41 Å². The summed E-state index contributed by atoms with van der Waals surface area (Å²) in [5.41, 5.74) is 4.08. The van der Waals surface area contributed by atoms with Crippen LogP contribution in [0.5, 0.6) is 5.75 Å². The third kappa shape index (κ3) is 5.99. The Kier molecular flexibility index (Phi) is 8.92. The van der Waals surface area contributed by atoms with E-state index >= 15 is 0 Å². The first kappa shape index (κ1) is 31.0. The molecule has 0 unspecified atom stereocenters. The standard InChI is InChI=1S/C34H41N5O5/c1-7-39-28-10-9-25(21-29(28)36(6)32(41)34(4,5)33(39)42)43-19-8-15-37(22-27-23(2)11-14-35-24(27)3)17-18-38-16-12-30-26(31(38)40)13-20-44-30/h9-14,16,20-21H,7-8,15,17-19,22H2,1-6H3. The third-order valence-corrected chi connectivity index (χ3v) is 8.56. The van der Waals surface area contributed by atoms with Crippen LogP contribution < -0.4 is 20.1 Å². The molecule has 5 rings (SSSR count). The van der Waals surface area contributed by atoms with Crippen molar-refractivity contribution in [3.8, 4) is 5.75 Å². The number of carbonyl (C=O) groups is 2. The van der Waals surface area contributed by atoms with Crippen LogP contribution in [-0.2, 0) is 22.7 Å². The summed E-state index contributed by atoms with van der Waals surface area (Å²) in [6, 6.07) is 11.1. The molecule has 10 nitrogen and oxygen atoms in total. The van der Waals surface area contributed by atoms with Crippen molar-refractivity contribution in [3.05, 3.63) is 82.2 Å². The van der Waals surface area contributed by atoms with E-state index in [0.717, 1.165) is 18.7 Å². The minimum Gasteiger partial charge on any atom is -0.493 e. The number of hydrogen-bond acceptors (Lipinski definition) is 7. The van der Waals surface area contributed by atoms with Crippen LogP contribution in [0.4, 0.5) is 11.4 Å². The van der Waals surface area contributed by atoms with Crippen molar-refractivity contribution in [2.24, 2.45) is 5.41 Å². The van der Waals surface area contributed by atoms with Gasteiger partial charge in [0.25, 0.3) is 5.56 Å². The molecular formula is C34H41N5O5. The van der Waals surface area contributed by atoms with Gasteiger partial charge in [0, 0.05) is 63.9 Å². The number of amides is 2. The lowest BCUT2D eigenvalue weighted by Gasteiger charge is -2.27. The second-order valence-electron chi connectivity index (χ2n) is 11.9. The molecule has 0 saturated carbocycles. The number of furan rings is 1. The topological polar surface area (TPSA) is 101 Å². The first-order valence-electron chi connectivity index (χ1n) is 15.1. The van der Waals surface area contributed by atoms with E-state index in [0.29, 0.717) is 60.9 Å². The molecule has 0 aliphatic carbocycles. The Morgan fingerprint density at radius 2 is 1.80 bits per heavy atom. The van der Waals surface area contributed by atoms with Crippen molar-refractivity contribution < 1.29 is 18.7 Å². The molecule has 0 spiro atoms. The van der Waals surface area contributed by atoms with Crippen LogP contribution in [0.2, 0.25) is 0 Å². The van der Waals surface area contributed by atoms with Gasteiger partial charge in [0.1, 0.15) is 16.7 Å². The van der Waals surface area contributed by atoms with Crippen molar-refractivity contribution in [1.29, 1.82) is 0 Å². The van der Waals surface area contributed by atoms with Gasteiger partial charge in [0.05, 0.1) is 29.6 Å². The third-order valence-electron chi connectivity index (χ3n) is 8.56. The first-order valence-corrected chi connectivity index (χ1v) is 15.1. The number of benzene rings is 1. The number of anilines is 2. The molecule has 0 radical (unpaired) electrons. The van der Waals surface area contributed by atoms with E-state index in [1.165, 1.54) is 17.4 Å². The maximum Gasteiger partial charge on any atom is 0.261 e. The van der Waals surface area contributed by atoms with Crippen LogP contribution in [0, 0.1) is 19.3 Å². The molecule has 10 heteroatoms. The number of fused-ring (bicyclic) bond motifs is 2. The summed E-state index contributed by atoms with van der Waals surface area (Å²) >= 11 is 0. The summed E-state index contributed by atoms with van der Waals surface area (Å²) in [6.07, 6.45) is 5.89. The molecular weight excluding hydrogens is 558 g/mol. The lowest BCUT2D eigenvalue weighted by molar-refractivity contribution is -0.137. The van der Waals surface area contributed by atoms with Crippen LogP contribution >= 0.6 is 0 Å². The summed E-state index contributed by atoms with van der Waals surface area (Å²) in [6.45, 7) is 12.9. The van der Waals surface area contributed by atoms with Crippen molar-refractivity contribution in [2.75, 3.05) is 43.1 Å². The van der Waals surface area contributed by atoms with E-state index in [1.807, 2.05) is 50.4 Å². The number of aromatic nitrogens is 2. The van der Waals surface area contributed by atoms with Gasteiger partial charge in [0.2, 0.25) is 11.8 Å². The minimum absolute atomic E-state index is 0.0633. The van der Waals surface area contributed by atoms with Gasteiger partial charge >= 0.3 is 0 Å². The van der Waals surface area contributed by atoms with Crippen molar-refractivity contribution in [3.63, 3.8) is 0 Å². The Morgan fingerprint density at radius 3 is 2.55 bits per heavy atom. The van der Waals surface area contributed by atoms with Gasteiger partial charge in [-0.1, -0.05) is 0 Å². The Balaban J connectivity index is 1.28. The van der Waals surface area contributed by atoms with E-state index in [1.54, 1.807) is 47.5 Å². The number of rotatable bonds is 11. The summed E-state index contributed by atoms with van der Waals surface area (Å²) in [7, 11) is 1.70. The van der Waals surface area contributed by atoms with Gasteiger partial charge in [0.15, 0.2) is 0 Å². The van der Waals surface area contributed by atoms with Crippen LogP contribution in [0.25, 0.3) is 11.0 Å². The molecule has 0 bridgehead atoms. The fourth-order valence-corrected chi connectivity index (χ4v) is 5.84. The van der Waals surface area contributed by atoms with Gasteiger partial charge in [-0.15, -0.1) is 0 Å². The van der Waals surface area contributed by atoms with E-state index in [9.17, 15) is 14.4 Å². The highest BCUT2D eigenvalue weighted by molar-refractivity contribution is 6.20. The average Bonchev–Trinajstić information content (AvgIpc) is 3.48. The number of aryl methyl sites for hydroxylation is 2. The summed E-state index contributed by atoms with van der Waals surface area (Å²) < 4.78 is 13.3. The first-order chi connectivity index (χ1) is 21.0. The summed E-state index contributed by atoms with van der Waals surface area (Å²) in [5.74, 6) is 0.173. The second-order valence-corrected chi connectivity index (χ2v) is 11.9. The predicted molar refractivity (Wildman–Crippen MR) is 171 cm³/mol. The van der Waals surface area contributed by atoms with Crippen molar-refractivity contribution in [1.82, 2.24) is 14.5 Å². The molecule has 1 aromatic carbocycles.